The van der Waals surface area contributed by atoms with E-state index in [4.69, 9.17) is 10.3 Å². The van der Waals surface area contributed by atoms with Crippen molar-refractivity contribution in [1.82, 2.24) is 5.16 Å². The van der Waals surface area contributed by atoms with Gasteiger partial charge in [0, 0.05) is 5.56 Å². The van der Waals surface area contributed by atoms with E-state index in [0.717, 1.165) is 5.56 Å². The van der Waals surface area contributed by atoms with Gasteiger partial charge in [0.25, 0.3) is 0 Å². The lowest BCUT2D eigenvalue weighted by atomic mass is 9.81. The molecule has 0 spiro atoms. The normalized spacial score (nSPS) is 18.8. The van der Waals surface area contributed by atoms with Crippen LogP contribution < -0.4 is 5.73 Å². The number of nitrogen functional groups attached to an aromatic ring is 1. The molecule has 1 aliphatic carbocycles. The van der Waals surface area contributed by atoms with E-state index >= 15 is 0 Å². The molecule has 0 saturated heterocycles. The molecule has 54 valence electrons. The average molecular weight is 138 g/mol. The van der Waals surface area contributed by atoms with Gasteiger partial charge in [0.15, 0.2) is 5.82 Å². The van der Waals surface area contributed by atoms with Crippen molar-refractivity contribution >= 4 is 5.82 Å². The molecule has 0 amide bonds. The number of hydrogen-bond donors (Lipinski definition) is 1. The number of anilines is 1. The number of hydrogen-bond acceptors (Lipinski definition) is 3. The number of nitrogens with two attached hydrogens (primary N) is 1. The summed E-state index contributed by atoms with van der Waals surface area (Å²) in [5, 5.41) is 3.62. The minimum Gasteiger partial charge on any atom is -0.381 e. The summed E-state index contributed by atoms with van der Waals surface area (Å²) in [5.41, 5.74) is 6.65. The summed E-state index contributed by atoms with van der Waals surface area (Å²) in [7, 11) is 0. The van der Waals surface area contributed by atoms with Gasteiger partial charge in [-0.15, -0.1) is 0 Å². The van der Waals surface area contributed by atoms with Gasteiger partial charge in [-0.3, -0.25) is 0 Å². The van der Waals surface area contributed by atoms with Gasteiger partial charge in [-0.2, -0.15) is 0 Å². The Morgan fingerprint density at radius 1 is 1.60 bits per heavy atom. The van der Waals surface area contributed by atoms with Crippen molar-refractivity contribution in [1.29, 1.82) is 0 Å². The van der Waals surface area contributed by atoms with Crippen molar-refractivity contribution in [3.05, 3.63) is 11.8 Å². The first-order valence-electron chi connectivity index (χ1n) is 3.57. The first-order valence-corrected chi connectivity index (χ1v) is 3.57. The molecule has 3 nitrogen and oxygen atoms in total. The second-order valence-corrected chi connectivity index (χ2v) is 2.78. The van der Waals surface area contributed by atoms with Crippen molar-refractivity contribution in [3.63, 3.8) is 0 Å². The van der Waals surface area contributed by atoms with Gasteiger partial charge < -0.3 is 10.3 Å². The molecule has 1 fully saturated rings. The molecular formula is C7H10N2O. The minimum atomic E-state index is 0.574. The number of nitrogens with zero attached hydrogens (tertiary/aromatic N) is 1. The Morgan fingerprint density at radius 2 is 2.40 bits per heavy atom. The highest BCUT2D eigenvalue weighted by Gasteiger charge is 2.23. The Bertz CT molecular complexity index is 227. The molecule has 10 heavy (non-hydrogen) atoms. The molecule has 0 unspecified atom stereocenters. The topological polar surface area (TPSA) is 52.0 Å². The van der Waals surface area contributed by atoms with E-state index in [9.17, 15) is 0 Å². The molecule has 2 rings (SSSR count). The van der Waals surface area contributed by atoms with Crippen molar-refractivity contribution < 1.29 is 4.52 Å². The maximum atomic E-state index is 5.55. The summed E-state index contributed by atoms with van der Waals surface area (Å²) in [5.74, 6) is 1.20. The first-order chi connectivity index (χ1) is 4.88. The van der Waals surface area contributed by atoms with Crippen LogP contribution in [0.3, 0.4) is 0 Å². The summed E-state index contributed by atoms with van der Waals surface area (Å²) in [6.07, 6.45) is 5.46. The van der Waals surface area contributed by atoms with Crippen LogP contribution in [0.1, 0.15) is 30.7 Å². The molecule has 2 N–H and O–H groups in total. The van der Waals surface area contributed by atoms with Gasteiger partial charge in [-0.25, -0.2) is 0 Å². The van der Waals surface area contributed by atoms with Gasteiger partial charge in [-0.05, 0) is 18.8 Å². The molecule has 0 radical (unpaired) electrons. The molecule has 1 saturated carbocycles. The quantitative estimate of drug-likeness (QED) is 0.640. The van der Waals surface area contributed by atoms with Crippen LogP contribution in [0.4, 0.5) is 5.82 Å². The number of aromatic nitrogens is 1. The van der Waals surface area contributed by atoms with E-state index in [1.165, 1.54) is 19.3 Å². The van der Waals surface area contributed by atoms with E-state index < -0.39 is 0 Å². The molecular weight excluding hydrogens is 128 g/mol. The summed E-state index contributed by atoms with van der Waals surface area (Å²) >= 11 is 0. The van der Waals surface area contributed by atoms with Crippen molar-refractivity contribution in [2.75, 3.05) is 5.73 Å². The van der Waals surface area contributed by atoms with Crippen LogP contribution in [0.2, 0.25) is 0 Å². The van der Waals surface area contributed by atoms with Crippen molar-refractivity contribution in [2.45, 2.75) is 25.2 Å². The van der Waals surface area contributed by atoms with Gasteiger partial charge in [0.1, 0.15) is 6.26 Å². The predicted molar refractivity (Wildman–Crippen MR) is 37.5 cm³/mol. The third-order valence-corrected chi connectivity index (χ3v) is 2.17. The smallest absolute Gasteiger partial charge is 0.170 e. The zero-order chi connectivity index (χ0) is 6.97. The summed E-state index contributed by atoms with van der Waals surface area (Å²) in [6, 6.07) is 0. The Hall–Kier alpha value is -0.990. The van der Waals surface area contributed by atoms with Crippen LogP contribution in [0.15, 0.2) is 10.8 Å². The van der Waals surface area contributed by atoms with Crippen molar-refractivity contribution in [3.8, 4) is 0 Å². The SMILES string of the molecule is Nc1nocc1C1CCC1. The fourth-order valence-electron chi connectivity index (χ4n) is 1.28. The lowest BCUT2D eigenvalue weighted by Gasteiger charge is -2.23. The number of rotatable bonds is 1. The molecule has 0 bridgehead atoms. The lowest BCUT2D eigenvalue weighted by molar-refractivity contribution is 0.401. The predicted octanol–water partition coefficient (Wildman–Crippen LogP) is 1.52. The Labute approximate surface area is 59.2 Å². The van der Waals surface area contributed by atoms with Crippen LogP contribution in [-0.2, 0) is 0 Å². The maximum absolute atomic E-state index is 5.55. The van der Waals surface area contributed by atoms with Crippen LogP contribution in [-0.4, -0.2) is 5.16 Å². The fraction of sp³-hybridized carbons (Fsp3) is 0.571. The third-order valence-electron chi connectivity index (χ3n) is 2.17. The van der Waals surface area contributed by atoms with Crippen LogP contribution in [0.5, 0.6) is 0 Å². The molecule has 0 aliphatic heterocycles. The zero-order valence-corrected chi connectivity index (χ0v) is 5.71. The van der Waals surface area contributed by atoms with E-state index in [1.807, 2.05) is 0 Å². The van der Waals surface area contributed by atoms with Gasteiger partial charge in [0.05, 0.1) is 0 Å². The Kier molecular flexibility index (Phi) is 1.16. The Balaban J connectivity index is 2.23. The van der Waals surface area contributed by atoms with Gasteiger partial charge in [-0.1, -0.05) is 11.6 Å². The summed E-state index contributed by atoms with van der Waals surface area (Å²) in [6.45, 7) is 0. The molecule has 1 aromatic heterocycles. The molecule has 1 aromatic rings. The largest absolute Gasteiger partial charge is 0.381 e. The van der Waals surface area contributed by atoms with E-state index in [0.29, 0.717) is 11.7 Å². The van der Waals surface area contributed by atoms with Crippen molar-refractivity contribution in [2.24, 2.45) is 0 Å². The van der Waals surface area contributed by atoms with Gasteiger partial charge in [0.2, 0.25) is 0 Å². The average Bonchev–Trinajstić information content (AvgIpc) is 2.12. The van der Waals surface area contributed by atoms with Crippen LogP contribution in [0, 0.1) is 0 Å². The highest BCUT2D eigenvalue weighted by molar-refractivity contribution is 5.39. The molecule has 1 aliphatic rings. The molecule has 3 heteroatoms. The minimum absolute atomic E-state index is 0.574. The van der Waals surface area contributed by atoms with Gasteiger partial charge >= 0.3 is 0 Å². The molecule has 0 aromatic carbocycles. The highest BCUT2D eigenvalue weighted by atomic mass is 16.5. The second-order valence-electron chi connectivity index (χ2n) is 2.78. The van der Waals surface area contributed by atoms with Crippen LogP contribution in [0.25, 0.3) is 0 Å². The maximum Gasteiger partial charge on any atom is 0.170 e. The standard InChI is InChI=1S/C7H10N2O/c8-7-6(4-10-9-7)5-2-1-3-5/h4-5H,1-3H2,(H2,8,9). The molecule has 1 heterocycles. The van der Waals surface area contributed by atoms with E-state index in [1.54, 1.807) is 6.26 Å². The third kappa shape index (κ3) is 0.701. The Morgan fingerprint density at radius 3 is 2.80 bits per heavy atom. The molecule has 0 atom stereocenters. The van der Waals surface area contributed by atoms with Crippen LogP contribution >= 0.6 is 0 Å². The summed E-state index contributed by atoms with van der Waals surface area (Å²) in [4.78, 5) is 0. The lowest BCUT2D eigenvalue weighted by Crippen LogP contribution is -2.09. The second kappa shape index (κ2) is 2.01. The van der Waals surface area contributed by atoms with E-state index in [2.05, 4.69) is 5.16 Å². The highest BCUT2D eigenvalue weighted by Crippen LogP contribution is 2.38. The fourth-order valence-corrected chi connectivity index (χ4v) is 1.28. The van der Waals surface area contributed by atoms with E-state index in [-0.39, 0.29) is 0 Å². The first kappa shape index (κ1) is 5.77. The summed E-state index contributed by atoms with van der Waals surface area (Å²) < 4.78 is 4.73. The monoisotopic (exact) mass is 138 g/mol. The zero-order valence-electron chi connectivity index (χ0n) is 5.71.